The summed E-state index contributed by atoms with van der Waals surface area (Å²) in [6.45, 7) is 6.62. The molecule has 0 saturated carbocycles. The third kappa shape index (κ3) is 4.20. The van der Waals surface area contributed by atoms with Crippen LogP contribution in [0.2, 0.25) is 0 Å². The van der Waals surface area contributed by atoms with Crippen LogP contribution in [0.15, 0.2) is 18.2 Å². The first-order chi connectivity index (χ1) is 10.2. The summed E-state index contributed by atoms with van der Waals surface area (Å²) in [6.07, 6.45) is 1.02. The van der Waals surface area contributed by atoms with Gasteiger partial charge in [0.25, 0.3) is 5.91 Å². The Bertz CT molecular complexity index is 493. The van der Waals surface area contributed by atoms with Gasteiger partial charge in [0, 0.05) is 31.5 Å². The lowest BCUT2D eigenvalue weighted by atomic mass is 10.1. The number of halogens is 1. The van der Waals surface area contributed by atoms with Crippen molar-refractivity contribution in [2.45, 2.75) is 13.3 Å². The molecular weight excluding hydrogens is 332 g/mol. The SMILES string of the molecule is COc1ccc(C)cc1C(=O)N1CCCN(CCBr)CC1. The van der Waals surface area contributed by atoms with E-state index < -0.39 is 0 Å². The number of rotatable bonds is 4. The van der Waals surface area contributed by atoms with Crippen molar-refractivity contribution in [2.24, 2.45) is 0 Å². The van der Waals surface area contributed by atoms with Gasteiger partial charge in [-0.3, -0.25) is 4.79 Å². The first kappa shape index (κ1) is 16.3. The smallest absolute Gasteiger partial charge is 0.257 e. The summed E-state index contributed by atoms with van der Waals surface area (Å²) >= 11 is 3.48. The van der Waals surface area contributed by atoms with Crippen molar-refractivity contribution in [2.75, 3.05) is 45.2 Å². The van der Waals surface area contributed by atoms with Crippen molar-refractivity contribution in [3.05, 3.63) is 29.3 Å². The minimum atomic E-state index is 0.0799. The molecule has 0 unspecified atom stereocenters. The Morgan fingerprint density at radius 3 is 2.81 bits per heavy atom. The van der Waals surface area contributed by atoms with Gasteiger partial charge in [0.05, 0.1) is 12.7 Å². The average molecular weight is 355 g/mol. The van der Waals surface area contributed by atoms with E-state index in [4.69, 9.17) is 4.74 Å². The first-order valence-electron chi connectivity index (χ1n) is 7.38. The molecule has 1 amide bonds. The third-order valence-electron chi connectivity index (χ3n) is 3.86. The van der Waals surface area contributed by atoms with Crippen LogP contribution in [0.4, 0.5) is 0 Å². The number of carbonyl (C=O) groups excluding carboxylic acids is 1. The van der Waals surface area contributed by atoms with Crippen LogP contribution in [-0.4, -0.2) is 60.9 Å². The molecule has 4 nitrogen and oxygen atoms in total. The second-order valence-corrected chi connectivity index (χ2v) is 6.17. The molecule has 2 rings (SSSR count). The molecule has 1 aliphatic rings. The predicted molar refractivity (Wildman–Crippen MR) is 88.5 cm³/mol. The lowest BCUT2D eigenvalue weighted by Gasteiger charge is -2.22. The number of carbonyl (C=O) groups is 1. The highest BCUT2D eigenvalue weighted by atomic mass is 79.9. The van der Waals surface area contributed by atoms with Crippen molar-refractivity contribution in [3.63, 3.8) is 0 Å². The minimum absolute atomic E-state index is 0.0799. The van der Waals surface area contributed by atoms with Crippen molar-refractivity contribution >= 4 is 21.8 Å². The van der Waals surface area contributed by atoms with E-state index in [1.54, 1.807) is 7.11 Å². The van der Waals surface area contributed by atoms with Gasteiger partial charge in [-0.05, 0) is 32.0 Å². The van der Waals surface area contributed by atoms with Crippen molar-refractivity contribution < 1.29 is 9.53 Å². The molecule has 0 aromatic heterocycles. The molecule has 1 aliphatic heterocycles. The molecule has 0 aliphatic carbocycles. The maximum absolute atomic E-state index is 12.8. The lowest BCUT2D eigenvalue weighted by molar-refractivity contribution is 0.0758. The maximum Gasteiger partial charge on any atom is 0.257 e. The summed E-state index contributed by atoms with van der Waals surface area (Å²) in [4.78, 5) is 17.1. The normalized spacial score (nSPS) is 16.6. The van der Waals surface area contributed by atoms with Crippen LogP contribution in [0.5, 0.6) is 5.75 Å². The summed E-state index contributed by atoms with van der Waals surface area (Å²) in [5, 5.41) is 0.979. The van der Waals surface area contributed by atoms with Gasteiger partial charge in [-0.2, -0.15) is 0 Å². The molecule has 116 valence electrons. The van der Waals surface area contributed by atoms with E-state index in [0.29, 0.717) is 11.3 Å². The molecule has 1 aromatic carbocycles. The van der Waals surface area contributed by atoms with Crippen LogP contribution in [0.3, 0.4) is 0 Å². The monoisotopic (exact) mass is 354 g/mol. The Balaban J connectivity index is 2.11. The van der Waals surface area contributed by atoms with E-state index in [-0.39, 0.29) is 5.91 Å². The molecule has 5 heteroatoms. The van der Waals surface area contributed by atoms with Crippen LogP contribution >= 0.6 is 15.9 Å². The number of aryl methyl sites for hydroxylation is 1. The number of methoxy groups -OCH3 is 1. The van der Waals surface area contributed by atoms with Gasteiger partial charge in [-0.1, -0.05) is 27.6 Å². The standard InChI is InChI=1S/C16H23BrN2O2/c1-13-4-5-15(21-2)14(12-13)16(20)19-8-3-7-18(9-6-17)10-11-19/h4-5,12H,3,6-11H2,1-2H3. The summed E-state index contributed by atoms with van der Waals surface area (Å²) < 4.78 is 5.34. The zero-order valence-electron chi connectivity index (χ0n) is 12.8. The summed E-state index contributed by atoms with van der Waals surface area (Å²) in [6, 6.07) is 5.76. The lowest BCUT2D eigenvalue weighted by Crippen LogP contribution is -2.35. The summed E-state index contributed by atoms with van der Waals surface area (Å²) in [5.41, 5.74) is 1.75. The van der Waals surface area contributed by atoms with Crippen LogP contribution in [-0.2, 0) is 0 Å². The number of nitrogens with zero attached hydrogens (tertiary/aromatic N) is 2. The second kappa shape index (κ2) is 7.80. The average Bonchev–Trinajstić information content (AvgIpc) is 2.72. The zero-order chi connectivity index (χ0) is 15.2. The Morgan fingerprint density at radius 2 is 2.10 bits per heavy atom. The molecule has 0 bridgehead atoms. The minimum Gasteiger partial charge on any atom is -0.496 e. The highest BCUT2D eigenvalue weighted by molar-refractivity contribution is 9.09. The summed E-state index contributed by atoms with van der Waals surface area (Å²) in [7, 11) is 1.61. The van der Waals surface area contributed by atoms with Gasteiger partial charge in [-0.25, -0.2) is 0 Å². The molecule has 0 atom stereocenters. The van der Waals surface area contributed by atoms with Crippen LogP contribution < -0.4 is 4.74 Å². The number of hydrogen-bond acceptors (Lipinski definition) is 3. The second-order valence-electron chi connectivity index (χ2n) is 5.38. The molecule has 1 saturated heterocycles. The molecule has 1 aromatic rings. The van der Waals surface area contributed by atoms with Gasteiger partial charge in [0.1, 0.15) is 5.75 Å². The molecular formula is C16H23BrN2O2. The van der Waals surface area contributed by atoms with E-state index in [1.807, 2.05) is 30.0 Å². The Kier molecular flexibility index (Phi) is 6.06. The molecule has 1 heterocycles. The number of benzene rings is 1. The fraction of sp³-hybridized carbons (Fsp3) is 0.562. The third-order valence-corrected chi connectivity index (χ3v) is 4.22. The Morgan fingerprint density at radius 1 is 1.29 bits per heavy atom. The maximum atomic E-state index is 12.8. The van der Waals surface area contributed by atoms with E-state index in [2.05, 4.69) is 20.8 Å². The van der Waals surface area contributed by atoms with E-state index in [9.17, 15) is 4.79 Å². The van der Waals surface area contributed by atoms with Gasteiger partial charge < -0.3 is 14.5 Å². The largest absolute Gasteiger partial charge is 0.496 e. The van der Waals surface area contributed by atoms with Gasteiger partial charge in [-0.15, -0.1) is 0 Å². The van der Waals surface area contributed by atoms with Crippen molar-refractivity contribution in [3.8, 4) is 5.75 Å². The van der Waals surface area contributed by atoms with Gasteiger partial charge in [0.2, 0.25) is 0 Å². The molecule has 0 N–H and O–H groups in total. The van der Waals surface area contributed by atoms with E-state index in [0.717, 1.165) is 50.0 Å². The highest BCUT2D eigenvalue weighted by Gasteiger charge is 2.22. The number of amides is 1. The number of ether oxygens (including phenoxy) is 1. The Labute approximate surface area is 135 Å². The van der Waals surface area contributed by atoms with Crippen LogP contribution in [0, 0.1) is 6.92 Å². The van der Waals surface area contributed by atoms with Gasteiger partial charge in [0.15, 0.2) is 0 Å². The summed E-state index contributed by atoms with van der Waals surface area (Å²) in [5.74, 6) is 0.739. The topological polar surface area (TPSA) is 32.8 Å². The molecule has 1 fully saturated rings. The fourth-order valence-electron chi connectivity index (χ4n) is 2.68. The quantitative estimate of drug-likeness (QED) is 0.779. The predicted octanol–water partition coefficient (Wildman–Crippen LogP) is 2.55. The van der Waals surface area contributed by atoms with Crippen molar-refractivity contribution in [1.82, 2.24) is 9.80 Å². The fourth-order valence-corrected chi connectivity index (χ4v) is 3.18. The Hall–Kier alpha value is -1.07. The van der Waals surface area contributed by atoms with Crippen molar-refractivity contribution in [1.29, 1.82) is 0 Å². The zero-order valence-corrected chi connectivity index (χ0v) is 14.4. The van der Waals surface area contributed by atoms with Gasteiger partial charge >= 0.3 is 0 Å². The van der Waals surface area contributed by atoms with E-state index >= 15 is 0 Å². The molecule has 0 spiro atoms. The number of alkyl halides is 1. The first-order valence-corrected chi connectivity index (χ1v) is 8.50. The molecule has 21 heavy (non-hydrogen) atoms. The highest BCUT2D eigenvalue weighted by Crippen LogP contribution is 2.22. The molecule has 0 radical (unpaired) electrons. The van der Waals surface area contributed by atoms with Crippen LogP contribution in [0.1, 0.15) is 22.3 Å². The van der Waals surface area contributed by atoms with Crippen LogP contribution in [0.25, 0.3) is 0 Å². The number of hydrogen-bond donors (Lipinski definition) is 0. The van der Waals surface area contributed by atoms with E-state index in [1.165, 1.54) is 0 Å².